The topological polar surface area (TPSA) is 135 Å². The lowest BCUT2D eigenvalue weighted by molar-refractivity contribution is -0.148. The molecule has 1 saturated heterocycles. The lowest BCUT2D eigenvalue weighted by Crippen LogP contribution is -2.39. The number of esters is 1. The van der Waals surface area contributed by atoms with Crippen LogP contribution in [0.1, 0.15) is 26.2 Å². The summed E-state index contributed by atoms with van der Waals surface area (Å²) in [6.45, 7) is 4.10. The molecule has 1 fully saturated rings. The van der Waals surface area contributed by atoms with Gasteiger partial charge in [0.05, 0.1) is 24.9 Å². The summed E-state index contributed by atoms with van der Waals surface area (Å²) >= 11 is 3.46. The smallest absolute Gasteiger partial charge is 0.323 e. The van der Waals surface area contributed by atoms with Crippen LogP contribution in [-0.4, -0.2) is 72.0 Å². The summed E-state index contributed by atoms with van der Waals surface area (Å²) in [5.74, 6) is -0.0913. The number of aromatic nitrogens is 2. The van der Waals surface area contributed by atoms with Gasteiger partial charge >= 0.3 is 5.97 Å². The van der Waals surface area contributed by atoms with Gasteiger partial charge in [-0.15, -0.1) is 0 Å². The van der Waals surface area contributed by atoms with Gasteiger partial charge in [-0.25, -0.2) is 9.97 Å². The van der Waals surface area contributed by atoms with Crippen LogP contribution in [0.2, 0.25) is 0 Å². The third-order valence-corrected chi connectivity index (χ3v) is 7.02. The van der Waals surface area contributed by atoms with Gasteiger partial charge in [0.1, 0.15) is 23.9 Å². The number of hydrogen-bond acceptors (Lipinski definition) is 9. The van der Waals surface area contributed by atoms with Gasteiger partial charge in [0.15, 0.2) is 0 Å². The molecule has 0 aliphatic carbocycles. The zero-order valence-electron chi connectivity index (χ0n) is 23.0. The number of likely N-dealkylation sites (tertiary alicyclic amines) is 1. The highest BCUT2D eigenvalue weighted by Crippen LogP contribution is 2.33. The Kier molecular flexibility index (Phi) is 10.6. The Morgan fingerprint density at radius 1 is 1.15 bits per heavy atom. The lowest BCUT2D eigenvalue weighted by atomic mass is 10.2. The highest BCUT2D eigenvalue weighted by molar-refractivity contribution is 9.10. The van der Waals surface area contributed by atoms with Crippen molar-refractivity contribution >= 4 is 61.8 Å². The van der Waals surface area contributed by atoms with Crippen molar-refractivity contribution in [3.8, 4) is 5.75 Å². The zero-order valence-corrected chi connectivity index (χ0v) is 24.6. The first-order valence-corrected chi connectivity index (χ1v) is 14.2. The summed E-state index contributed by atoms with van der Waals surface area (Å²) < 4.78 is 11.5. The predicted octanol–water partition coefficient (Wildman–Crippen LogP) is 4.17. The van der Waals surface area contributed by atoms with Crippen molar-refractivity contribution in [1.29, 1.82) is 0 Å². The van der Waals surface area contributed by atoms with Crippen LogP contribution >= 0.6 is 15.9 Å². The second-order valence-corrected chi connectivity index (χ2v) is 10.3. The Labute approximate surface area is 246 Å². The number of methoxy groups -OCH3 is 1. The Balaban J connectivity index is 1.33. The highest BCUT2D eigenvalue weighted by Gasteiger charge is 2.31. The van der Waals surface area contributed by atoms with Crippen LogP contribution in [0.4, 0.5) is 17.2 Å². The van der Waals surface area contributed by atoms with Gasteiger partial charge in [-0.3, -0.25) is 19.3 Å². The molecule has 4 rings (SSSR count). The number of rotatable bonds is 12. The number of anilines is 3. The SMILES string of the molecule is CCOC(=O)C1CCCN1CCCNC(=O)C=CC(=O)Nc1cc2c(Nc3cccc(Br)c3)ncnc2cc1OC. The van der Waals surface area contributed by atoms with Crippen LogP contribution in [-0.2, 0) is 19.1 Å². The van der Waals surface area contributed by atoms with Gasteiger partial charge in [0.25, 0.3) is 0 Å². The summed E-state index contributed by atoms with van der Waals surface area (Å²) in [6, 6.07) is 10.9. The number of amides is 2. The zero-order chi connectivity index (χ0) is 29.2. The van der Waals surface area contributed by atoms with E-state index in [0.717, 1.165) is 29.5 Å². The molecule has 0 radical (unpaired) electrons. The molecular formula is C29H33BrN6O5. The van der Waals surface area contributed by atoms with Gasteiger partial charge in [-0.1, -0.05) is 22.0 Å². The van der Waals surface area contributed by atoms with E-state index >= 15 is 0 Å². The molecule has 1 aromatic heterocycles. The maximum absolute atomic E-state index is 12.7. The third-order valence-electron chi connectivity index (χ3n) is 6.53. The van der Waals surface area contributed by atoms with E-state index in [1.54, 1.807) is 19.1 Å². The molecule has 41 heavy (non-hydrogen) atoms. The Bertz CT molecular complexity index is 1430. The standard InChI is InChI=1S/C29H33BrN6O5/c1-3-41-29(39)24-9-5-13-36(24)14-6-12-31-26(37)10-11-27(38)35-23-16-21-22(17-25(23)40-2)32-18-33-28(21)34-20-8-4-7-19(30)15-20/h4,7-8,10-11,15-18,24H,3,5-6,9,12-14H2,1-2H3,(H,31,37)(H,35,38)(H,32,33,34). The number of nitrogens with zero attached hydrogens (tertiary/aromatic N) is 3. The summed E-state index contributed by atoms with van der Waals surface area (Å²) in [7, 11) is 1.50. The molecule has 0 bridgehead atoms. The molecule has 2 heterocycles. The van der Waals surface area contributed by atoms with Crippen LogP contribution in [0.3, 0.4) is 0 Å². The number of halogens is 1. The molecule has 12 heteroatoms. The summed E-state index contributed by atoms with van der Waals surface area (Å²) in [5, 5.41) is 9.49. The number of fused-ring (bicyclic) bond motifs is 1. The molecule has 216 valence electrons. The molecule has 0 spiro atoms. The van der Waals surface area contributed by atoms with Crippen LogP contribution in [0, 0.1) is 0 Å². The second kappa shape index (κ2) is 14.6. The van der Waals surface area contributed by atoms with Crippen molar-refractivity contribution in [1.82, 2.24) is 20.2 Å². The van der Waals surface area contributed by atoms with Crippen molar-refractivity contribution in [3.05, 3.63) is 59.4 Å². The van der Waals surface area contributed by atoms with Gasteiger partial charge in [-0.2, -0.15) is 0 Å². The number of benzene rings is 2. The molecular weight excluding hydrogens is 592 g/mol. The van der Waals surface area contributed by atoms with Gasteiger partial charge in [-0.05, 0) is 57.0 Å². The second-order valence-electron chi connectivity index (χ2n) is 9.34. The summed E-state index contributed by atoms with van der Waals surface area (Å²) in [4.78, 5) is 47.8. The van der Waals surface area contributed by atoms with Gasteiger partial charge in [0.2, 0.25) is 11.8 Å². The van der Waals surface area contributed by atoms with Crippen molar-refractivity contribution in [2.24, 2.45) is 0 Å². The molecule has 2 amide bonds. The fourth-order valence-corrected chi connectivity index (χ4v) is 5.03. The number of ether oxygens (including phenoxy) is 2. The van der Waals surface area contributed by atoms with E-state index < -0.39 is 5.91 Å². The lowest BCUT2D eigenvalue weighted by Gasteiger charge is -2.22. The van der Waals surface area contributed by atoms with E-state index in [1.165, 1.54) is 25.6 Å². The van der Waals surface area contributed by atoms with Gasteiger partial charge in [0, 0.05) is 46.9 Å². The summed E-state index contributed by atoms with van der Waals surface area (Å²) in [6.07, 6.45) is 6.22. The van der Waals surface area contributed by atoms with Crippen molar-refractivity contribution in [2.45, 2.75) is 32.2 Å². The van der Waals surface area contributed by atoms with Crippen LogP contribution in [0.15, 0.2) is 59.4 Å². The molecule has 11 nitrogen and oxygen atoms in total. The first-order chi connectivity index (χ1) is 19.9. The number of hydrogen-bond donors (Lipinski definition) is 3. The minimum Gasteiger partial charge on any atom is -0.494 e. The maximum Gasteiger partial charge on any atom is 0.323 e. The minimum absolute atomic E-state index is 0.185. The fourth-order valence-electron chi connectivity index (χ4n) is 4.63. The normalized spacial score (nSPS) is 15.1. The van der Waals surface area contributed by atoms with E-state index in [1.807, 2.05) is 24.3 Å². The van der Waals surface area contributed by atoms with E-state index in [4.69, 9.17) is 9.47 Å². The molecule has 1 unspecified atom stereocenters. The van der Waals surface area contributed by atoms with E-state index in [9.17, 15) is 14.4 Å². The largest absolute Gasteiger partial charge is 0.494 e. The summed E-state index contributed by atoms with van der Waals surface area (Å²) in [5.41, 5.74) is 1.86. The molecule has 1 aliphatic heterocycles. The van der Waals surface area contributed by atoms with Gasteiger partial charge < -0.3 is 25.4 Å². The number of carbonyl (C=O) groups excluding carboxylic acids is 3. The van der Waals surface area contributed by atoms with Crippen molar-refractivity contribution < 1.29 is 23.9 Å². The number of carbonyl (C=O) groups is 3. The molecule has 2 aromatic carbocycles. The molecule has 3 aromatic rings. The first-order valence-electron chi connectivity index (χ1n) is 13.4. The quantitative estimate of drug-likeness (QED) is 0.154. The molecule has 1 atom stereocenters. The van der Waals surface area contributed by atoms with Crippen molar-refractivity contribution in [2.75, 3.05) is 44.0 Å². The van der Waals surface area contributed by atoms with E-state index in [-0.39, 0.29) is 17.9 Å². The van der Waals surface area contributed by atoms with Crippen molar-refractivity contribution in [3.63, 3.8) is 0 Å². The Hall–Kier alpha value is -4.03. The maximum atomic E-state index is 12.7. The third kappa shape index (κ3) is 8.24. The first kappa shape index (κ1) is 29.9. The number of nitrogens with one attached hydrogen (secondary N) is 3. The average molecular weight is 626 g/mol. The van der Waals surface area contributed by atoms with E-state index in [2.05, 4.69) is 46.7 Å². The van der Waals surface area contributed by atoms with E-state index in [0.29, 0.717) is 54.3 Å². The Morgan fingerprint density at radius 3 is 2.76 bits per heavy atom. The fraction of sp³-hybridized carbons (Fsp3) is 0.345. The van der Waals surface area contributed by atoms with Crippen LogP contribution in [0.5, 0.6) is 5.75 Å². The van der Waals surface area contributed by atoms with Crippen LogP contribution < -0.4 is 20.7 Å². The monoisotopic (exact) mass is 624 g/mol. The molecule has 0 saturated carbocycles. The van der Waals surface area contributed by atoms with Crippen LogP contribution in [0.25, 0.3) is 10.9 Å². The molecule has 3 N–H and O–H groups in total. The average Bonchev–Trinajstić information content (AvgIpc) is 3.43. The predicted molar refractivity (Wildman–Crippen MR) is 160 cm³/mol. The minimum atomic E-state index is -0.495. The molecule has 1 aliphatic rings. The highest BCUT2D eigenvalue weighted by atomic mass is 79.9. The Morgan fingerprint density at radius 2 is 1.98 bits per heavy atom.